The van der Waals surface area contributed by atoms with Gasteiger partial charge in [0.1, 0.15) is 0 Å². The van der Waals surface area contributed by atoms with E-state index in [1.54, 1.807) is 0 Å². The van der Waals surface area contributed by atoms with Crippen LogP contribution < -0.4 is 5.11 Å². The van der Waals surface area contributed by atoms with E-state index in [0.29, 0.717) is 0 Å². The van der Waals surface area contributed by atoms with Crippen LogP contribution in [0.25, 0.3) is 0 Å². The molecule has 0 aliphatic carbocycles. The summed E-state index contributed by atoms with van der Waals surface area (Å²) in [5.41, 5.74) is -3.76. The highest BCUT2D eigenvalue weighted by Crippen LogP contribution is 2.28. The van der Waals surface area contributed by atoms with Crippen LogP contribution in [0.2, 0.25) is 0 Å². The maximum absolute atomic E-state index is 11.4. The zero-order valence-corrected chi connectivity index (χ0v) is 4.90. The van der Waals surface area contributed by atoms with Crippen LogP contribution in [0.5, 0.6) is 0 Å². The van der Waals surface area contributed by atoms with E-state index < -0.39 is 17.7 Å². The number of rotatable bonds is 1. The van der Waals surface area contributed by atoms with Gasteiger partial charge in [0.25, 0.3) is 0 Å². The fourth-order valence-corrected chi connectivity index (χ4v) is 0.116. The minimum Gasteiger partial charge on any atom is -0.547 e. The molecule has 0 saturated heterocycles. The van der Waals surface area contributed by atoms with Gasteiger partial charge in [0.05, 0.1) is 5.97 Å². The van der Waals surface area contributed by atoms with Gasteiger partial charge in [-0.05, 0) is 6.92 Å². The van der Waals surface area contributed by atoms with E-state index in [1.165, 1.54) is 0 Å². The first-order chi connectivity index (χ1) is 4.19. The fourth-order valence-electron chi connectivity index (χ4n) is 0.116. The number of carboxylic acid groups (broad SMARTS) is 1. The monoisotopic (exact) mass is 157 g/mol. The normalized spacial score (nSPS) is 18.1. The Labute approximate surface area is 54.1 Å². The first kappa shape index (κ1) is 9.22. The number of carboxylic acids is 1. The summed E-state index contributed by atoms with van der Waals surface area (Å²) in [6, 6.07) is 0. The molecule has 60 valence electrons. The van der Waals surface area contributed by atoms with Crippen LogP contribution in [0, 0.1) is 0 Å². The SMILES string of the molecule is CC(O)(C(=O)[O-])C(F)(F)F. The standard InChI is InChI=1S/C4H5F3O3/c1-3(10,2(8)9)4(5,6)7/h10H,1H3,(H,8,9)/p-1. The number of carbonyl (C=O) groups excluding carboxylic acids is 1. The molecule has 10 heavy (non-hydrogen) atoms. The second kappa shape index (κ2) is 2.12. The first-order valence-electron chi connectivity index (χ1n) is 2.20. The summed E-state index contributed by atoms with van der Waals surface area (Å²) in [5, 5.41) is 17.7. The average Bonchev–Trinajstić information content (AvgIpc) is 1.62. The van der Waals surface area contributed by atoms with Crippen LogP contribution in [-0.4, -0.2) is 22.9 Å². The highest BCUT2D eigenvalue weighted by Gasteiger charge is 2.51. The summed E-state index contributed by atoms with van der Waals surface area (Å²) in [4.78, 5) is 9.59. The molecular weight excluding hydrogens is 153 g/mol. The third kappa shape index (κ3) is 1.38. The molecule has 6 heteroatoms. The molecule has 3 nitrogen and oxygen atoms in total. The summed E-state index contributed by atoms with van der Waals surface area (Å²) in [6.07, 6.45) is -5.19. The molecule has 0 aliphatic heterocycles. The number of aliphatic carboxylic acids is 1. The van der Waals surface area contributed by atoms with Crippen molar-refractivity contribution in [1.82, 2.24) is 0 Å². The quantitative estimate of drug-likeness (QED) is 0.533. The molecule has 0 saturated carbocycles. The van der Waals surface area contributed by atoms with Crippen molar-refractivity contribution in [3.05, 3.63) is 0 Å². The average molecular weight is 157 g/mol. The Bertz CT molecular complexity index is 148. The molecule has 0 radical (unpaired) electrons. The van der Waals surface area contributed by atoms with E-state index in [4.69, 9.17) is 5.11 Å². The van der Waals surface area contributed by atoms with Crippen molar-refractivity contribution in [2.24, 2.45) is 0 Å². The van der Waals surface area contributed by atoms with Crippen LogP contribution in [0.1, 0.15) is 6.92 Å². The van der Waals surface area contributed by atoms with Gasteiger partial charge in [-0.2, -0.15) is 13.2 Å². The Hall–Kier alpha value is -0.780. The Morgan fingerprint density at radius 2 is 1.80 bits per heavy atom. The molecule has 0 aromatic heterocycles. The van der Waals surface area contributed by atoms with Crippen molar-refractivity contribution in [1.29, 1.82) is 0 Å². The molecule has 0 aromatic carbocycles. The Morgan fingerprint density at radius 3 is 1.80 bits per heavy atom. The van der Waals surface area contributed by atoms with E-state index >= 15 is 0 Å². The van der Waals surface area contributed by atoms with E-state index in [-0.39, 0.29) is 6.92 Å². The van der Waals surface area contributed by atoms with Crippen molar-refractivity contribution >= 4 is 5.97 Å². The first-order valence-corrected chi connectivity index (χ1v) is 2.20. The van der Waals surface area contributed by atoms with Crippen LogP contribution in [0.4, 0.5) is 13.2 Å². The molecule has 0 bridgehead atoms. The van der Waals surface area contributed by atoms with Crippen molar-refractivity contribution in [2.45, 2.75) is 18.7 Å². The summed E-state index contributed by atoms with van der Waals surface area (Å²) >= 11 is 0. The lowest BCUT2D eigenvalue weighted by Gasteiger charge is -2.26. The van der Waals surface area contributed by atoms with E-state index in [2.05, 4.69) is 0 Å². The van der Waals surface area contributed by atoms with E-state index in [1.807, 2.05) is 0 Å². The number of hydrogen-bond donors (Lipinski definition) is 1. The lowest BCUT2D eigenvalue weighted by atomic mass is 10.1. The van der Waals surface area contributed by atoms with Crippen molar-refractivity contribution in [3.63, 3.8) is 0 Å². The molecule has 0 fully saturated rings. The second-order valence-electron chi connectivity index (χ2n) is 1.86. The number of halogens is 3. The molecule has 1 unspecified atom stereocenters. The van der Waals surface area contributed by atoms with Crippen molar-refractivity contribution in [2.75, 3.05) is 0 Å². The van der Waals surface area contributed by atoms with Crippen LogP contribution in [-0.2, 0) is 4.79 Å². The summed E-state index contributed by atoms with van der Waals surface area (Å²) in [7, 11) is 0. The van der Waals surface area contributed by atoms with Gasteiger partial charge in [-0.15, -0.1) is 0 Å². The highest BCUT2D eigenvalue weighted by atomic mass is 19.4. The molecule has 1 N–H and O–H groups in total. The Kier molecular flexibility index (Phi) is 1.95. The van der Waals surface area contributed by atoms with Crippen LogP contribution in [0.3, 0.4) is 0 Å². The van der Waals surface area contributed by atoms with Gasteiger partial charge in [0, 0.05) is 0 Å². The molecule has 0 rings (SSSR count). The summed E-state index contributed by atoms with van der Waals surface area (Å²) in [5.74, 6) is -2.56. The molecule has 0 aliphatic rings. The molecular formula is C4H4F3O3-. The van der Waals surface area contributed by atoms with Gasteiger partial charge in [-0.1, -0.05) is 0 Å². The Morgan fingerprint density at radius 1 is 1.50 bits per heavy atom. The predicted molar refractivity (Wildman–Crippen MR) is 21.7 cm³/mol. The molecule has 0 spiro atoms. The predicted octanol–water partition coefficient (Wildman–Crippen LogP) is -0.950. The van der Waals surface area contributed by atoms with Gasteiger partial charge in [-0.3, -0.25) is 0 Å². The topological polar surface area (TPSA) is 60.4 Å². The minimum atomic E-state index is -5.19. The number of alkyl halides is 3. The summed E-state index contributed by atoms with van der Waals surface area (Å²) in [6.45, 7) is 0.113. The van der Waals surface area contributed by atoms with Crippen molar-refractivity contribution < 1.29 is 28.2 Å². The smallest absolute Gasteiger partial charge is 0.422 e. The van der Waals surface area contributed by atoms with Gasteiger partial charge < -0.3 is 15.0 Å². The Balaban J connectivity index is 4.57. The largest absolute Gasteiger partial charge is 0.547 e. The molecule has 1 atom stereocenters. The second-order valence-corrected chi connectivity index (χ2v) is 1.86. The minimum absolute atomic E-state index is 0.113. The third-order valence-electron chi connectivity index (χ3n) is 0.949. The van der Waals surface area contributed by atoms with Gasteiger partial charge in [-0.25, -0.2) is 0 Å². The van der Waals surface area contributed by atoms with Crippen LogP contribution in [0.15, 0.2) is 0 Å². The van der Waals surface area contributed by atoms with E-state index in [9.17, 15) is 23.1 Å². The molecule has 0 heterocycles. The zero-order chi connectivity index (χ0) is 8.58. The fraction of sp³-hybridized carbons (Fsp3) is 0.750. The zero-order valence-electron chi connectivity index (χ0n) is 4.90. The van der Waals surface area contributed by atoms with Gasteiger partial charge >= 0.3 is 6.18 Å². The highest BCUT2D eigenvalue weighted by molar-refractivity contribution is 5.75. The number of carbonyl (C=O) groups is 1. The van der Waals surface area contributed by atoms with Gasteiger partial charge in [0.15, 0.2) is 5.60 Å². The van der Waals surface area contributed by atoms with Crippen molar-refractivity contribution in [3.8, 4) is 0 Å². The number of aliphatic hydroxyl groups is 1. The van der Waals surface area contributed by atoms with Gasteiger partial charge in [0.2, 0.25) is 0 Å². The van der Waals surface area contributed by atoms with E-state index in [0.717, 1.165) is 0 Å². The maximum atomic E-state index is 11.4. The maximum Gasteiger partial charge on any atom is 0.422 e. The molecule has 0 amide bonds. The third-order valence-corrected chi connectivity index (χ3v) is 0.949. The lowest BCUT2D eigenvalue weighted by molar-refractivity contribution is -0.351. The lowest BCUT2D eigenvalue weighted by Crippen LogP contribution is -2.56. The summed E-state index contributed by atoms with van der Waals surface area (Å²) < 4.78 is 34.2. The molecule has 0 aromatic rings. The number of hydrogen-bond acceptors (Lipinski definition) is 3. The van der Waals surface area contributed by atoms with Crippen LogP contribution >= 0.6 is 0 Å².